The Bertz CT molecular complexity index is 1560. The maximum atomic E-state index is 13.0. The first-order valence-corrected chi connectivity index (χ1v) is 12.9. The Balaban J connectivity index is 1.47. The van der Waals surface area contributed by atoms with E-state index in [1.807, 2.05) is 6.92 Å². The number of ether oxygens (including phenoxy) is 1. The number of carbonyl (C=O) groups is 3. The van der Waals surface area contributed by atoms with Crippen molar-refractivity contribution in [1.29, 1.82) is 0 Å². The van der Waals surface area contributed by atoms with E-state index in [-0.39, 0.29) is 15.1 Å². The van der Waals surface area contributed by atoms with Crippen molar-refractivity contribution in [1.82, 2.24) is 4.90 Å². The number of anilines is 1. The Kier molecular flexibility index (Phi) is 8.30. The van der Waals surface area contributed by atoms with E-state index < -0.39 is 51.7 Å². The molecule has 4 rings (SSSR count). The Morgan fingerprint density at radius 1 is 1.10 bits per heavy atom. The van der Waals surface area contributed by atoms with Gasteiger partial charge in [0.25, 0.3) is 11.1 Å². The van der Waals surface area contributed by atoms with Crippen molar-refractivity contribution in [2.24, 2.45) is 0 Å². The molecule has 3 aromatic carbocycles. The van der Waals surface area contributed by atoms with E-state index in [9.17, 15) is 37.7 Å². The number of hydrogen-bond acceptors (Lipinski definition) is 7. The number of aryl methyl sites for hydroxylation is 1. The number of hydrogen-bond donors (Lipinski definition) is 1. The zero-order valence-corrected chi connectivity index (χ0v) is 22.7. The third kappa shape index (κ3) is 6.69. The number of alkyl halides is 3. The number of benzene rings is 3. The highest BCUT2D eigenvalue weighted by atomic mass is 79.9. The van der Waals surface area contributed by atoms with Gasteiger partial charge in [-0.1, -0.05) is 23.8 Å². The lowest BCUT2D eigenvalue weighted by Crippen LogP contribution is -2.36. The smallest absolute Gasteiger partial charge is 0.416 e. The van der Waals surface area contributed by atoms with E-state index in [0.29, 0.717) is 35.1 Å². The largest absolute Gasteiger partial charge is 0.449 e. The third-order valence-corrected chi connectivity index (χ3v) is 6.99. The van der Waals surface area contributed by atoms with Crippen molar-refractivity contribution in [2.75, 3.05) is 11.9 Å². The summed E-state index contributed by atoms with van der Waals surface area (Å²) in [5, 5.41) is 13.3. The van der Waals surface area contributed by atoms with Crippen LogP contribution in [-0.4, -0.2) is 33.4 Å². The minimum Gasteiger partial charge on any atom is -0.449 e. The minimum absolute atomic E-state index is 0.0564. The van der Waals surface area contributed by atoms with Gasteiger partial charge in [0.1, 0.15) is 12.3 Å². The van der Waals surface area contributed by atoms with Crippen LogP contribution in [0.4, 0.5) is 29.3 Å². The second kappa shape index (κ2) is 11.5. The predicted molar refractivity (Wildman–Crippen MR) is 145 cm³/mol. The van der Waals surface area contributed by atoms with Gasteiger partial charge < -0.3 is 10.1 Å². The van der Waals surface area contributed by atoms with Gasteiger partial charge in [-0.25, -0.2) is 0 Å². The van der Waals surface area contributed by atoms with Crippen LogP contribution in [0.1, 0.15) is 16.7 Å². The summed E-state index contributed by atoms with van der Waals surface area (Å²) >= 11 is 3.90. The molecule has 14 heteroatoms. The lowest BCUT2D eigenvalue weighted by Gasteiger charge is -2.12. The molecule has 1 N–H and O–H groups in total. The molecule has 0 aliphatic carbocycles. The Labute approximate surface area is 237 Å². The molecule has 0 atom stereocenters. The quantitative estimate of drug-likeness (QED) is 0.166. The SMILES string of the molecule is Cc1ccc(NC(=O)CN2C(=O)S/C(=C/c3ccc(Oc4ccc(C(F)(F)F)cc4[N+](=O)[O-])c(Br)c3)C2=O)cc1. The fraction of sp³-hybridized carbons (Fsp3) is 0.115. The number of imide groups is 1. The molecule has 1 aliphatic rings. The van der Waals surface area contributed by atoms with E-state index >= 15 is 0 Å². The highest BCUT2D eigenvalue weighted by Crippen LogP contribution is 2.40. The van der Waals surface area contributed by atoms with Gasteiger partial charge in [-0.05, 0) is 82.7 Å². The van der Waals surface area contributed by atoms with Crippen molar-refractivity contribution >= 4 is 62.2 Å². The normalized spacial score (nSPS) is 14.5. The molecule has 0 bridgehead atoms. The second-order valence-electron chi connectivity index (χ2n) is 8.41. The van der Waals surface area contributed by atoms with Crippen LogP contribution in [0.2, 0.25) is 0 Å². The van der Waals surface area contributed by atoms with Gasteiger partial charge in [0, 0.05) is 11.8 Å². The molecule has 206 valence electrons. The fourth-order valence-electron chi connectivity index (χ4n) is 3.50. The first-order valence-electron chi connectivity index (χ1n) is 11.3. The number of nitrogens with zero attached hydrogens (tertiary/aromatic N) is 2. The molecule has 0 aromatic heterocycles. The summed E-state index contributed by atoms with van der Waals surface area (Å²) in [6, 6.07) is 13.3. The van der Waals surface area contributed by atoms with Gasteiger partial charge in [0.15, 0.2) is 0 Å². The zero-order valence-electron chi connectivity index (χ0n) is 20.3. The van der Waals surface area contributed by atoms with Gasteiger partial charge in [0.2, 0.25) is 11.7 Å². The minimum atomic E-state index is -4.77. The molecular weight excluding hydrogens is 619 g/mol. The zero-order chi connectivity index (χ0) is 29.2. The number of amides is 3. The molecule has 1 fully saturated rings. The summed E-state index contributed by atoms with van der Waals surface area (Å²) in [6.07, 6.45) is -3.35. The Hall–Kier alpha value is -4.17. The number of thioether (sulfide) groups is 1. The van der Waals surface area contributed by atoms with Gasteiger partial charge in [0.05, 0.1) is 19.9 Å². The maximum absolute atomic E-state index is 13.0. The van der Waals surface area contributed by atoms with E-state index in [2.05, 4.69) is 21.2 Å². The van der Waals surface area contributed by atoms with Gasteiger partial charge in [-0.3, -0.25) is 29.4 Å². The van der Waals surface area contributed by atoms with Crippen molar-refractivity contribution in [3.05, 3.63) is 96.8 Å². The molecule has 1 aliphatic heterocycles. The number of nitro benzene ring substituents is 1. The van der Waals surface area contributed by atoms with E-state index in [0.717, 1.165) is 16.5 Å². The monoisotopic (exact) mass is 635 g/mol. The van der Waals surface area contributed by atoms with Crippen LogP contribution < -0.4 is 10.1 Å². The van der Waals surface area contributed by atoms with Crippen molar-refractivity contribution in [2.45, 2.75) is 13.1 Å². The summed E-state index contributed by atoms with van der Waals surface area (Å²) in [5.74, 6) is -1.56. The van der Waals surface area contributed by atoms with E-state index in [1.165, 1.54) is 24.3 Å². The van der Waals surface area contributed by atoms with Crippen molar-refractivity contribution in [3.63, 3.8) is 0 Å². The molecule has 3 amide bonds. The Morgan fingerprint density at radius 2 is 1.77 bits per heavy atom. The van der Waals surface area contributed by atoms with E-state index in [1.54, 1.807) is 24.3 Å². The van der Waals surface area contributed by atoms with Crippen LogP contribution in [0.25, 0.3) is 6.08 Å². The number of halogens is 4. The van der Waals surface area contributed by atoms with Gasteiger partial charge in [-0.15, -0.1) is 0 Å². The van der Waals surface area contributed by atoms with E-state index in [4.69, 9.17) is 4.74 Å². The molecule has 3 aromatic rings. The lowest BCUT2D eigenvalue weighted by molar-refractivity contribution is -0.385. The molecule has 0 spiro atoms. The lowest BCUT2D eigenvalue weighted by atomic mass is 10.1. The average Bonchev–Trinajstić information content (AvgIpc) is 3.13. The van der Waals surface area contributed by atoms with Gasteiger partial charge >= 0.3 is 11.9 Å². The second-order valence-corrected chi connectivity index (χ2v) is 10.3. The van der Waals surface area contributed by atoms with Crippen LogP contribution in [-0.2, 0) is 15.8 Å². The highest BCUT2D eigenvalue weighted by molar-refractivity contribution is 9.10. The van der Waals surface area contributed by atoms with Crippen LogP contribution in [0.15, 0.2) is 70.0 Å². The summed E-state index contributed by atoms with van der Waals surface area (Å²) in [4.78, 5) is 48.8. The van der Waals surface area contributed by atoms with Crippen LogP contribution in [0, 0.1) is 17.0 Å². The summed E-state index contributed by atoms with van der Waals surface area (Å²) in [5.41, 5.74) is -0.0997. The van der Waals surface area contributed by atoms with Crippen molar-refractivity contribution in [3.8, 4) is 11.5 Å². The molecular formula is C26H17BrF3N3O6S. The first kappa shape index (κ1) is 28.8. The van der Waals surface area contributed by atoms with Crippen LogP contribution in [0.5, 0.6) is 11.5 Å². The number of nitro groups is 1. The molecule has 1 heterocycles. The number of rotatable bonds is 7. The first-order chi connectivity index (χ1) is 18.8. The number of carbonyl (C=O) groups excluding carboxylic acids is 3. The molecule has 0 unspecified atom stereocenters. The molecule has 40 heavy (non-hydrogen) atoms. The van der Waals surface area contributed by atoms with Gasteiger partial charge in [-0.2, -0.15) is 13.2 Å². The summed E-state index contributed by atoms with van der Waals surface area (Å²) in [6.45, 7) is 1.42. The average molecular weight is 636 g/mol. The molecule has 1 saturated heterocycles. The van der Waals surface area contributed by atoms with Crippen LogP contribution in [0.3, 0.4) is 0 Å². The predicted octanol–water partition coefficient (Wildman–Crippen LogP) is 7.15. The maximum Gasteiger partial charge on any atom is 0.416 e. The standard InChI is InChI=1S/C26H17BrF3N3O6S/c1-14-2-6-17(7-3-14)31-23(34)13-32-24(35)22(40-25(32)36)11-15-4-8-20(18(27)10-15)39-21-9-5-16(26(28,29)30)12-19(21)33(37)38/h2-12H,13H2,1H3,(H,31,34)/b22-11+. The third-order valence-electron chi connectivity index (χ3n) is 5.47. The Morgan fingerprint density at radius 3 is 2.40 bits per heavy atom. The summed E-state index contributed by atoms with van der Waals surface area (Å²) < 4.78 is 44.6. The number of nitrogens with one attached hydrogen (secondary N) is 1. The topological polar surface area (TPSA) is 119 Å². The fourth-order valence-corrected chi connectivity index (χ4v) is 4.82. The summed E-state index contributed by atoms with van der Waals surface area (Å²) in [7, 11) is 0. The molecule has 9 nitrogen and oxygen atoms in total. The highest BCUT2D eigenvalue weighted by Gasteiger charge is 2.36. The van der Waals surface area contributed by atoms with Crippen LogP contribution >= 0.6 is 27.7 Å². The molecule has 0 saturated carbocycles. The van der Waals surface area contributed by atoms with Crippen molar-refractivity contribution < 1.29 is 37.2 Å². The molecule has 0 radical (unpaired) electrons.